The number of hydrogen-bond donors (Lipinski definition) is 2. The molecule has 1 aromatic heterocycles. The number of aromatic nitrogens is 3. The van der Waals surface area contributed by atoms with Crippen molar-refractivity contribution in [3.63, 3.8) is 0 Å². The Morgan fingerprint density at radius 3 is 2.76 bits per heavy atom. The third-order valence-electron chi connectivity index (χ3n) is 2.72. The Balaban J connectivity index is 0.00000400. The fraction of sp³-hybridized carbons (Fsp3) is 0.615. The lowest BCUT2D eigenvalue weighted by atomic mass is 10.5. The standard InChI is InChI=1S/C13H24N6O.HI/c1-5-7-14-13(15-8-9-20-6-2)16-10-12-18-17-11(3)19(12)4;/h5H,1,6-10H2,2-4H3,(H2,14,15,16);1H. The zero-order valence-electron chi connectivity index (χ0n) is 12.9. The lowest BCUT2D eigenvalue weighted by Gasteiger charge is -2.11. The Labute approximate surface area is 143 Å². The topological polar surface area (TPSA) is 76.4 Å². The van der Waals surface area contributed by atoms with Gasteiger partial charge in [0, 0.05) is 26.7 Å². The fourth-order valence-corrected chi connectivity index (χ4v) is 1.47. The van der Waals surface area contributed by atoms with E-state index < -0.39 is 0 Å². The molecule has 120 valence electrons. The molecular weight excluding hydrogens is 383 g/mol. The third-order valence-corrected chi connectivity index (χ3v) is 2.72. The van der Waals surface area contributed by atoms with Crippen LogP contribution in [-0.4, -0.2) is 47.0 Å². The van der Waals surface area contributed by atoms with Crippen LogP contribution in [0.1, 0.15) is 18.6 Å². The zero-order chi connectivity index (χ0) is 14.8. The van der Waals surface area contributed by atoms with E-state index >= 15 is 0 Å². The summed E-state index contributed by atoms with van der Waals surface area (Å²) in [6, 6.07) is 0. The van der Waals surface area contributed by atoms with Gasteiger partial charge >= 0.3 is 0 Å². The predicted octanol–water partition coefficient (Wildman–Crippen LogP) is 0.999. The van der Waals surface area contributed by atoms with Gasteiger partial charge in [-0.2, -0.15) is 0 Å². The van der Waals surface area contributed by atoms with Gasteiger partial charge in [0.25, 0.3) is 0 Å². The summed E-state index contributed by atoms with van der Waals surface area (Å²) >= 11 is 0. The van der Waals surface area contributed by atoms with Crippen molar-refractivity contribution in [3.8, 4) is 0 Å². The molecule has 0 saturated carbocycles. The highest BCUT2D eigenvalue weighted by Gasteiger charge is 2.04. The van der Waals surface area contributed by atoms with Gasteiger partial charge in [0.15, 0.2) is 11.8 Å². The first kappa shape index (κ1) is 19.8. The molecular formula is C13H25IN6O. The van der Waals surface area contributed by atoms with Crippen LogP contribution in [0.5, 0.6) is 0 Å². The molecule has 0 radical (unpaired) electrons. The van der Waals surface area contributed by atoms with Crippen LogP contribution in [0.3, 0.4) is 0 Å². The minimum atomic E-state index is 0. The Bertz CT molecular complexity index is 446. The average Bonchev–Trinajstić information content (AvgIpc) is 2.77. The van der Waals surface area contributed by atoms with Gasteiger partial charge in [-0.15, -0.1) is 40.8 Å². The van der Waals surface area contributed by atoms with Crippen molar-refractivity contribution in [3.05, 3.63) is 24.3 Å². The summed E-state index contributed by atoms with van der Waals surface area (Å²) in [7, 11) is 1.93. The molecule has 8 heteroatoms. The smallest absolute Gasteiger partial charge is 0.192 e. The molecule has 0 aliphatic heterocycles. The summed E-state index contributed by atoms with van der Waals surface area (Å²) in [5, 5.41) is 14.4. The number of aryl methyl sites for hydroxylation is 1. The van der Waals surface area contributed by atoms with Crippen molar-refractivity contribution in [1.82, 2.24) is 25.4 Å². The molecule has 0 aromatic carbocycles. The summed E-state index contributed by atoms with van der Waals surface area (Å²) < 4.78 is 7.21. The van der Waals surface area contributed by atoms with Gasteiger partial charge in [0.05, 0.1) is 6.61 Å². The van der Waals surface area contributed by atoms with Gasteiger partial charge in [-0.25, -0.2) is 4.99 Å². The second kappa shape index (κ2) is 11.5. The van der Waals surface area contributed by atoms with Gasteiger partial charge < -0.3 is 19.9 Å². The van der Waals surface area contributed by atoms with Crippen LogP contribution in [-0.2, 0) is 18.3 Å². The van der Waals surface area contributed by atoms with Crippen molar-refractivity contribution in [2.75, 3.05) is 26.3 Å². The van der Waals surface area contributed by atoms with Crippen LogP contribution in [0.25, 0.3) is 0 Å². The van der Waals surface area contributed by atoms with E-state index in [1.807, 2.05) is 25.5 Å². The molecule has 0 spiro atoms. The molecule has 0 fully saturated rings. The fourth-order valence-electron chi connectivity index (χ4n) is 1.47. The van der Waals surface area contributed by atoms with Crippen molar-refractivity contribution in [2.45, 2.75) is 20.4 Å². The summed E-state index contributed by atoms with van der Waals surface area (Å²) in [6.07, 6.45) is 1.78. The van der Waals surface area contributed by atoms with Crippen molar-refractivity contribution < 1.29 is 4.74 Å². The number of ether oxygens (including phenoxy) is 1. The van der Waals surface area contributed by atoms with Crippen LogP contribution in [0.4, 0.5) is 0 Å². The molecule has 1 heterocycles. The van der Waals surface area contributed by atoms with E-state index in [1.165, 1.54) is 0 Å². The molecule has 2 N–H and O–H groups in total. The monoisotopic (exact) mass is 408 g/mol. The number of halogens is 1. The molecule has 21 heavy (non-hydrogen) atoms. The average molecular weight is 408 g/mol. The highest BCUT2D eigenvalue weighted by molar-refractivity contribution is 14.0. The molecule has 0 bridgehead atoms. The van der Waals surface area contributed by atoms with Crippen LogP contribution in [0.15, 0.2) is 17.6 Å². The summed E-state index contributed by atoms with van der Waals surface area (Å²) in [6.45, 7) is 10.8. The molecule has 1 aromatic rings. The first-order valence-electron chi connectivity index (χ1n) is 6.74. The minimum absolute atomic E-state index is 0. The second-order valence-electron chi connectivity index (χ2n) is 4.18. The number of hydrogen-bond acceptors (Lipinski definition) is 4. The van der Waals surface area contributed by atoms with Crippen LogP contribution in [0, 0.1) is 6.92 Å². The molecule has 1 rings (SSSR count). The maximum atomic E-state index is 5.28. The number of nitrogens with zero attached hydrogens (tertiary/aromatic N) is 4. The zero-order valence-corrected chi connectivity index (χ0v) is 15.3. The molecule has 0 atom stereocenters. The Kier molecular flexibility index (Phi) is 10.9. The molecule has 0 amide bonds. The maximum absolute atomic E-state index is 5.28. The van der Waals surface area contributed by atoms with Crippen molar-refractivity contribution in [2.24, 2.45) is 12.0 Å². The Hall–Kier alpha value is -1.16. The van der Waals surface area contributed by atoms with Crippen LogP contribution in [0.2, 0.25) is 0 Å². The number of rotatable bonds is 8. The number of guanidine groups is 1. The maximum Gasteiger partial charge on any atom is 0.192 e. The molecule has 0 saturated heterocycles. The summed E-state index contributed by atoms with van der Waals surface area (Å²) in [5.74, 6) is 2.41. The van der Waals surface area contributed by atoms with Gasteiger partial charge in [0.1, 0.15) is 12.4 Å². The highest BCUT2D eigenvalue weighted by Crippen LogP contribution is 1.98. The quantitative estimate of drug-likeness (QED) is 0.221. The summed E-state index contributed by atoms with van der Waals surface area (Å²) in [5.41, 5.74) is 0. The third kappa shape index (κ3) is 7.42. The lowest BCUT2D eigenvalue weighted by Crippen LogP contribution is -2.39. The second-order valence-corrected chi connectivity index (χ2v) is 4.18. The molecule has 0 aliphatic rings. The van der Waals surface area contributed by atoms with Crippen LogP contribution >= 0.6 is 24.0 Å². The number of nitrogens with one attached hydrogen (secondary N) is 2. The van der Waals surface area contributed by atoms with E-state index in [0.717, 1.165) is 11.6 Å². The SMILES string of the molecule is C=CCNC(=NCc1nnc(C)n1C)NCCOCC.I. The number of aliphatic imine (C=N–C) groups is 1. The van der Waals surface area contributed by atoms with Gasteiger partial charge in [-0.3, -0.25) is 0 Å². The van der Waals surface area contributed by atoms with E-state index in [1.54, 1.807) is 6.08 Å². The normalized spacial score (nSPS) is 10.9. The van der Waals surface area contributed by atoms with E-state index in [0.29, 0.717) is 38.8 Å². The minimum Gasteiger partial charge on any atom is -0.380 e. The highest BCUT2D eigenvalue weighted by atomic mass is 127. The first-order valence-corrected chi connectivity index (χ1v) is 6.74. The van der Waals surface area contributed by atoms with Gasteiger partial charge in [-0.1, -0.05) is 6.08 Å². The summed E-state index contributed by atoms with van der Waals surface area (Å²) in [4.78, 5) is 4.47. The molecule has 0 unspecified atom stereocenters. The first-order chi connectivity index (χ1) is 9.69. The Morgan fingerprint density at radius 2 is 2.19 bits per heavy atom. The largest absolute Gasteiger partial charge is 0.380 e. The van der Waals surface area contributed by atoms with Crippen LogP contribution < -0.4 is 10.6 Å². The Morgan fingerprint density at radius 1 is 1.43 bits per heavy atom. The van der Waals surface area contributed by atoms with E-state index in [9.17, 15) is 0 Å². The van der Waals surface area contributed by atoms with E-state index in [-0.39, 0.29) is 24.0 Å². The molecule has 7 nitrogen and oxygen atoms in total. The van der Waals surface area contributed by atoms with Crippen molar-refractivity contribution in [1.29, 1.82) is 0 Å². The lowest BCUT2D eigenvalue weighted by molar-refractivity contribution is 0.152. The van der Waals surface area contributed by atoms with E-state index in [4.69, 9.17) is 4.74 Å². The molecule has 0 aliphatic carbocycles. The van der Waals surface area contributed by atoms with Gasteiger partial charge in [0.2, 0.25) is 0 Å². The van der Waals surface area contributed by atoms with Gasteiger partial charge in [-0.05, 0) is 13.8 Å². The predicted molar refractivity (Wildman–Crippen MR) is 95.0 cm³/mol. The van der Waals surface area contributed by atoms with E-state index in [2.05, 4.69) is 32.4 Å². The van der Waals surface area contributed by atoms with Crippen molar-refractivity contribution >= 4 is 29.9 Å².